The van der Waals surface area contributed by atoms with Crippen molar-refractivity contribution >= 4 is 23.4 Å². The first-order valence-corrected chi connectivity index (χ1v) is 9.10. The topological polar surface area (TPSA) is 32.3 Å². The van der Waals surface area contributed by atoms with Gasteiger partial charge in [-0.3, -0.25) is 4.79 Å². The van der Waals surface area contributed by atoms with Gasteiger partial charge in [0.25, 0.3) is 5.91 Å². The Kier molecular flexibility index (Phi) is 5.23. The maximum atomic E-state index is 12.2. The first-order valence-electron chi connectivity index (χ1n) is 8.12. The quantitative estimate of drug-likeness (QED) is 0.903. The molecule has 1 heterocycles. The van der Waals surface area contributed by atoms with E-state index in [0.717, 1.165) is 37.4 Å². The van der Waals surface area contributed by atoms with Crippen molar-refractivity contribution in [1.82, 2.24) is 5.32 Å². The zero-order valence-electron chi connectivity index (χ0n) is 13.4. The van der Waals surface area contributed by atoms with E-state index in [9.17, 15) is 4.79 Å². The van der Waals surface area contributed by atoms with Crippen LogP contribution in [0.5, 0.6) is 0 Å². The molecule has 3 rings (SSSR count). The monoisotopic (exact) mass is 326 g/mol. The van der Waals surface area contributed by atoms with Crippen molar-refractivity contribution in [2.75, 3.05) is 23.7 Å². The number of carbonyl (C=O) groups is 1. The Labute approximate surface area is 142 Å². The van der Waals surface area contributed by atoms with E-state index in [2.05, 4.69) is 47.5 Å². The lowest BCUT2D eigenvalue weighted by atomic mass is 10.1. The molecule has 3 nitrogen and oxygen atoms in total. The van der Waals surface area contributed by atoms with Crippen LogP contribution in [0.1, 0.15) is 29.3 Å². The summed E-state index contributed by atoms with van der Waals surface area (Å²) >= 11 is 1.87. The lowest BCUT2D eigenvalue weighted by Crippen LogP contribution is -2.29. The summed E-state index contributed by atoms with van der Waals surface area (Å²) in [6, 6.07) is 16.5. The summed E-state index contributed by atoms with van der Waals surface area (Å²) in [4.78, 5) is 15.9. The third-order valence-corrected chi connectivity index (χ3v) is 4.98. The molecule has 0 radical (unpaired) electrons. The minimum Gasteiger partial charge on any atom is -0.365 e. The molecule has 4 heteroatoms. The van der Waals surface area contributed by atoms with E-state index in [1.54, 1.807) is 0 Å². The Bertz CT molecular complexity index is 672. The van der Waals surface area contributed by atoms with Crippen molar-refractivity contribution in [2.45, 2.75) is 24.8 Å². The molecule has 0 bridgehead atoms. The molecule has 0 saturated heterocycles. The fourth-order valence-corrected chi connectivity index (χ4v) is 3.75. The predicted molar refractivity (Wildman–Crippen MR) is 97.3 cm³/mol. The molecule has 0 atom stereocenters. The normalized spacial score (nSPS) is 13.5. The summed E-state index contributed by atoms with van der Waals surface area (Å²) < 4.78 is 0. The minimum absolute atomic E-state index is 0.0184. The summed E-state index contributed by atoms with van der Waals surface area (Å²) in [5.41, 5.74) is 3.22. The molecule has 23 heavy (non-hydrogen) atoms. The van der Waals surface area contributed by atoms with Crippen LogP contribution in [0.2, 0.25) is 0 Å². The highest BCUT2D eigenvalue weighted by Gasteiger charge is 2.19. The Morgan fingerprint density at radius 2 is 2.04 bits per heavy atom. The number of carbonyl (C=O) groups excluding carboxylic acids is 1. The zero-order chi connectivity index (χ0) is 16.1. The van der Waals surface area contributed by atoms with E-state index >= 15 is 0 Å². The van der Waals surface area contributed by atoms with Crippen LogP contribution < -0.4 is 10.2 Å². The summed E-state index contributed by atoms with van der Waals surface area (Å²) in [6.07, 6.45) is 0.951. The van der Waals surface area contributed by atoms with Crippen molar-refractivity contribution in [3.8, 4) is 0 Å². The van der Waals surface area contributed by atoms with Gasteiger partial charge in [0.15, 0.2) is 0 Å². The number of amides is 1. The largest absolute Gasteiger partial charge is 0.365 e. The van der Waals surface area contributed by atoms with E-state index in [-0.39, 0.29) is 5.91 Å². The fourth-order valence-electron chi connectivity index (χ4n) is 2.72. The van der Waals surface area contributed by atoms with Crippen molar-refractivity contribution < 1.29 is 4.79 Å². The van der Waals surface area contributed by atoms with Gasteiger partial charge < -0.3 is 10.2 Å². The Morgan fingerprint density at radius 3 is 2.83 bits per heavy atom. The molecule has 0 aliphatic carbocycles. The standard InChI is InChI=1S/C19H22N2OS/c1-2-10-20-19(22)16-8-9-18-17(13-16)21(11-12-23-18)14-15-6-4-3-5-7-15/h3-9,13H,2,10-12,14H2,1H3,(H,20,22). The first kappa shape index (κ1) is 15.9. The van der Waals surface area contributed by atoms with Gasteiger partial charge in [0.1, 0.15) is 0 Å². The second kappa shape index (κ2) is 7.55. The molecule has 0 saturated carbocycles. The predicted octanol–water partition coefficient (Wildman–Crippen LogP) is 3.94. The molecule has 2 aromatic rings. The lowest BCUT2D eigenvalue weighted by molar-refractivity contribution is 0.0953. The van der Waals surface area contributed by atoms with Crippen LogP contribution in [-0.2, 0) is 6.54 Å². The van der Waals surface area contributed by atoms with Gasteiger partial charge in [-0.25, -0.2) is 0 Å². The number of hydrogen-bond donors (Lipinski definition) is 1. The van der Waals surface area contributed by atoms with Gasteiger partial charge in [-0.2, -0.15) is 0 Å². The highest BCUT2D eigenvalue weighted by molar-refractivity contribution is 7.99. The summed E-state index contributed by atoms with van der Waals surface area (Å²) in [7, 11) is 0. The van der Waals surface area contributed by atoms with Gasteiger partial charge in [0.2, 0.25) is 0 Å². The molecule has 1 aliphatic heterocycles. The molecule has 0 aromatic heterocycles. The average Bonchev–Trinajstić information content (AvgIpc) is 2.60. The van der Waals surface area contributed by atoms with Crippen LogP contribution >= 0.6 is 11.8 Å². The molecule has 1 amide bonds. The third kappa shape index (κ3) is 3.88. The highest BCUT2D eigenvalue weighted by atomic mass is 32.2. The van der Waals surface area contributed by atoms with Gasteiger partial charge in [-0.15, -0.1) is 11.8 Å². The number of benzene rings is 2. The number of nitrogens with zero attached hydrogens (tertiary/aromatic N) is 1. The van der Waals surface area contributed by atoms with Crippen LogP contribution in [0, 0.1) is 0 Å². The summed E-state index contributed by atoms with van der Waals surface area (Å²) in [5.74, 6) is 1.10. The van der Waals surface area contributed by atoms with E-state index in [1.165, 1.54) is 16.1 Å². The molecule has 1 N–H and O–H groups in total. The summed E-state index contributed by atoms with van der Waals surface area (Å²) in [6.45, 7) is 4.67. The van der Waals surface area contributed by atoms with Crippen LogP contribution in [0.25, 0.3) is 0 Å². The number of thioether (sulfide) groups is 1. The maximum Gasteiger partial charge on any atom is 0.251 e. The van der Waals surface area contributed by atoms with Crippen molar-refractivity contribution in [2.24, 2.45) is 0 Å². The SMILES string of the molecule is CCCNC(=O)c1ccc2c(c1)N(Cc1ccccc1)CCS2. The highest BCUT2D eigenvalue weighted by Crippen LogP contribution is 2.36. The Balaban J connectivity index is 1.83. The first-order chi connectivity index (χ1) is 11.3. The second-order valence-electron chi connectivity index (χ2n) is 5.69. The average molecular weight is 326 g/mol. The second-order valence-corrected chi connectivity index (χ2v) is 6.83. The number of fused-ring (bicyclic) bond motifs is 1. The van der Waals surface area contributed by atoms with E-state index in [4.69, 9.17) is 0 Å². The third-order valence-electron chi connectivity index (χ3n) is 3.93. The van der Waals surface area contributed by atoms with Crippen molar-refractivity contribution in [1.29, 1.82) is 0 Å². The van der Waals surface area contributed by atoms with Crippen LogP contribution in [0.3, 0.4) is 0 Å². The van der Waals surface area contributed by atoms with E-state index in [0.29, 0.717) is 0 Å². The van der Waals surface area contributed by atoms with Gasteiger partial charge in [-0.05, 0) is 30.2 Å². The molecular formula is C19H22N2OS. The molecule has 120 valence electrons. The number of rotatable bonds is 5. The molecule has 1 aliphatic rings. The van der Waals surface area contributed by atoms with Crippen LogP contribution in [-0.4, -0.2) is 24.7 Å². The van der Waals surface area contributed by atoms with Gasteiger partial charge in [0, 0.05) is 35.8 Å². The molecule has 0 spiro atoms. The lowest BCUT2D eigenvalue weighted by Gasteiger charge is -2.31. The summed E-state index contributed by atoms with van der Waals surface area (Å²) in [5, 5.41) is 2.96. The van der Waals surface area contributed by atoms with Crippen molar-refractivity contribution in [3.05, 3.63) is 59.7 Å². The maximum absolute atomic E-state index is 12.2. The van der Waals surface area contributed by atoms with Gasteiger partial charge >= 0.3 is 0 Å². The molecular weight excluding hydrogens is 304 g/mol. The minimum atomic E-state index is 0.0184. The number of hydrogen-bond acceptors (Lipinski definition) is 3. The number of nitrogens with one attached hydrogen (secondary N) is 1. The number of anilines is 1. The fraction of sp³-hybridized carbons (Fsp3) is 0.316. The Hall–Kier alpha value is -1.94. The Morgan fingerprint density at radius 1 is 1.22 bits per heavy atom. The van der Waals surface area contributed by atoms with E-state index in [1.807, 2.05) is 30.0 Å². The van der Waals surface area contributed by atoms with Crippen molar-refractivity contribution in [3.63, 3.8) is 0 Å². The molecule has 0 unspecified atom stereocenters. The van der Waals surface area contributed by atoms with Crippen LogP contribution in [0.4, 0.5) is 5.69 Å². The van der Waals surface area contributed by atoms with Gasteiger partial charge in [-0.1, -0.05) is 37.3 Å². The smallest absolute Gasteiger partial charge is 0.251 e. The zero-order valence-corrected chi connectivity index (χ0v) is 14.2. The molecule has 2 aromatic carbocycles. The van der Waals surface area contributed by atoms with Gasteiger partial charge in [0.05, 0.1) is 5.69 Å². The van der Waals surface area contributed by atoms with Crippen LogP contribution in [0.15, 0.2) is 53.4 Å². The molecule has 0 fully saturated rings. The van der Waals surface area contributed by atoms with E-state index < -0.39 is 0 Å².